The van der Waals surface area contributed by atoms with Gasteiger partial charge in [-0.15, -0.1) is 0 Å². The normalized spacial score (nSPS) is 14.4. The number of aryl methyl sites for hydroxylation is 1. The van der Waals surface area contributed by atoms with Crippen molar-refractivity contribution in [2.45, 2.75) is 37.4 Å². The van der Waals surface area contributed by atoms with E-state index in [1.807, 2.05) is 0 Å². The number of benzene rings is 3. The van der Waals surface area contributed by atoms with Crippen LogP contribution in [0.3, 0.4) is 0 Å². The van der Waals surface area contributed by atoms with E-state index in [0.717, 1.165) is 12.1 Å². The highest BCUT2D eigenvalue weighted by Crippen LogP contribution is 2.36. The molecular formula is C25H21ClF4N2O3S. The Hall–Kier alpha value is -2.95. The molecule has 0 spiro atoms. The summed E-state index contributed by atoms with van der Waals surface area (Å²) in [6.45, 7) is 1.90. The minimum Gasteiger partial charge on any atom is -0.324 e. The predicted octanol–water partition coefficient (Wildman–Crippen LogP) is 5.73. The molecule has 1 aliphatic rings. The Balaban J connectivity index is 1.57. The van der Waals surface area contributed by atoms with Crippen LogP contribution in [-0.2, 0) is 40.4 Å². The fourth-order valence-electron chi connectivity index (χ4n) is 4.22. The third kappa shape index (κ3) is 5.11. The van der Waals surface area contributed by atoms with Crippen LogP contribution in [-0.4, -0.2) is 25.2 Å². The lowest BCUT2D eigenvalue weighted by molar-refractivity contribution is -0.140. The van der Waals surface area contributed by atoms with Gasteiger partial charge >= 0.3 is 6.18 Å². The van der Waals surface area contributed by atoms with Crippen molar-refractivity contribution in [2.75, 3.05) is 11.9 Å². The highest BCUT2D eigenvalue weighted by atomic mass is 35.5. The fraction of sp³-hybridized carbons (Fsp3) is 0.240. The van der Waals surface area contributed by atoms with E-state index in [4.69, 9.17) is 11.6 Å². The number of rotatable bonds is 5. The number of nitrogens with zero attached hydrogens (tertiary/aromatic N) is 1. The molecule has 0 saturated heterocycles. The van der Waals surface area contributed by atoms with E-state index >= 15 is 0 Å². The molecule has 0 saturated carbocycles. The first-order chi connectivity index (χ1) is 16.9. The van der Waals surface area contributed by atoms with Crippen molar-refractivity contribution in [2.24, 2.45) is 0 Å². The van der Waals surface area contributed by atoms with Crippen LogP contribution in [0.25, 0.3) is 0 Å². The fourth-order valence-corrected chi connectivity index (χ4v) is 6.09. The summed E-state index contributed by atoms with van der Waals surface area (Å²) >= 11 is 6.30. The zero-order valence-corrected chi connectivity index (χ0v) is 20.6. The summed E-state index contributed by atoms with van der Waals surface area (Å²) in [6, 6.07) is 12.6. The minimum atomic E-state index is -4.89. The average molecular weight is 541 g/mol. The molecule has 190 valence electrons. The lowest BCUT2D eigenvalue weighted by atomic mass is 9.98. The summed E-state index contributed by atoms with van der Waals surface area (Å²) < 4.78 is 81.1. The van der Waals surface area contributed by atoms with E-state index in [2.05, 4.69) is 5.32 Å². The number of nitrogens with one attached hydrogen (secondary N) is 1. The van der Waals surface area contributed by atoms with Crippen LogP contribution in [0.4, 0.5) is 23.2 Å². The summed E-state index contributed by atoms with van der Waals surface area (Å²) in [5.74, 6) is -2.25. The van der Waals surface area contributed by atoms with Gasteiger partial charge in [0.15, 0.2) is 0 Å². The Morgan fingerprint density at radius 3 is 2.50 bits per heavy atom. The van der Waals surface area contributed by atoms with Crippen LogP contribution in [0.2, 0.25) is 5.02 Å². The first-order valence-corrected chi connectivity index (χ1v) is 12.7. The van der Waals surface area contributed by atoms with Crippen molar-refractivity contribution in [3.8, 4) is 0 Å². The van der Waals surface area contributed by atoms with Crippen LogP contribution < -0.4 is 5.32 Å². The predicted molar refractivity (Wildman–Crippen MR) is 128 cm³/mol. The van der Waals surface area contributed by atoms with Gasteiger partial charge in [0, 0.05) is 13.1 Å². The van der Waals surface area contributed by atoms with Crippen molar-refractivity contribution in [1.82, 2.24) is 4.31 Å². The minimum absolute atomic E-state index is 0.0499. The van der Waals surface area contributed by atoms with Gasteiger partial charge in [0.25, 0.3) is 0 Å². The summed E-state index contributed by atoms with van der Waals surface area (Å²) in [6.07, 6.45) is -5.28. The number of hydrogen-bond donors (Lipinski definition) is 1. The van der Waals surface area contributed by atoms with Crippen molar-refractivity contribution < 1.29 is 30.8 Å². The standard InChI is InChI=1S/C25H21ClF4N2O3S/c1-15-5-2-3-8-21(15)36(34,35)32-12-11-18-17(14-32)9-10-20(26)24(18)31-22(33)13-16-6-4-7-19(23(16)27)25(28,29)30/h2-10H,11-14H2,1H3,(H,31,33). The number of fused-ring (bicyclic) bond motifs is 1. The highest BCUT2D eigenvalue weighted by Gasteiger charge is 2.35. The monoisotopic (exact) mass is 540 g/mol. The smallest absolute Gasteiger partial charge is 0.324 e. The Morgan fingerprint density at radius 1 is 1.08 bits per heavy atom. The molecule has 5 nitrogen and oxygen atoms in total. The van der Waals surface area contributed by atoms with Crippen molar-refractivity contribution in [3.63, 3.8) is 0 Å². The van der Waals surface area contributed by atoms with E-state index in [9.17, 15) is 30.8 Å². The topological polar surface area (TPSA) is 66.5 Å². The third-order valence-corrected chi connectivity index (χ3v) is 8.35. The molecule has 0 unspecified atom stereocenters. The van der Waals surface area contributed by atoms with Crippen molar-refractivity contribution >= 4 is 33.2 Å². The SMILES string of the molecule is Cc1ccccc1S(=O)(=O)N1CCc2c(ccc(Cl)c2NC(=O)Cc2cccc(C(F)(F)F)c2F)C1. The van der Waals surface area contributed by atoms with Gasteiger partial charge in [0.1, 0.15) is 5.82 Å². The molecule has 11 heteroatoms. The van der Waals surface area contributed by atoms with Gasteiger partial charge in [-0.05, 0) is 53.8 Å². The molecule has 0 bridgehead atoms. The Kier molecular flexibility index (Phi) is 7.14. The molecule has 1 heterocycles. The number of sulfonamides is 1. The van der Waals surface area contributed by atoms with Gasteiger partial charge in [-0.3, -0.25) is 4.79 Å². The maximum Gasteiger partial charge on any atom is 0.419 e. The number of amides is 1. The molecule has 0 aromatic heterocycles. The third-order valence-electron chi connectivity index (χ3n) is 6.03. The molecule has 1 N–H and O–H groups in total. The van der Waals surface area contributed by atoms with Crippen molar-refractivity contribution in [3.05, 3.63) is 93.3 Å². The van der Waals surface area contributed by atoms with E-state index < -0.39 is 45.5 Å². The van der Waals surface area contributed by atoms with Crippen molar-refractivity contribution in [1.29, 1.82) is 0 Å². The van der Waals surface area contributed by atoms with Gasteiger partial charge in [0.05, 0.1) is 27.6 Å². The van der Waals surface area contributed by atoms with Gasteiger partial charge in [0.2, 0.25) is 15.9 Å². The van der Waals surface area contributed by atoms with Gasteiger partial charge in [-0.25, -0.2) is 12.8 Å². The highest BCUT2D eigenvalue weighted by molar-refractivity contribution is 7.89. The van der Waals surface area contributed by atoms with Crippen LogP contribution >= 0.6 is 11.6 Å². The largest absolute Gasteiger partial charge is 0.419 e. The number of anilines is 1. The molecular weight excluding hydrogens is 520 g/mol. The van der Waals surface area contributed by atoms with E-state index in [-0.39, 0.29) is 35.1 Å². The molecule has 0 fully saturated rings. The van der Waals surface area contributed by atoms with E-state index in [0.29, 0.717) is 22.8 Å². The molecule has 4 rings (SSSR count). The van der Waals surface area contributed by atoms with Gasteiger partial charge in [-0.1, -0.05) is 48.0 Å². The second-order valence-electron chi connectivity index (χ2n) is 8.42. The maximum absolute atomic E-state index is 14.4. The molecule has 0 atom stereocenters. The number of hydrogen-bond acceptors (Lipinski definition) is 3. The summed E-state index contributed by atoms with van der Waals surface area (Å²) in [7, 11) is -3.76. The first-order valence-electron chi connectivity index (χ1n) is 10.9. The quantitative estimate of drug-likeness (QED) is 0.420. The average Bonchev–Trinajstić information content (AvgIpc) is 2.81. The molecule has 1 amide bonds. The van der Waals surface area contributed by atoms with Crippen LogP contribution in [0.5, 0.6) is 0 Å². The number of halogens is 5. The van der Waals surface area contributed by atoms with Gasteiger partial charge in [-0.2, -0.15) is 17.5 Å². The summed E-state index contributed by atoms with van der Waals surface area (Å²) in [4.78, 5) is 12.9. The molecule has 0 aliphatic carbocycles. The Bertz CT molecular complexity index is 1440. The second-order valence-corrected chi connectivity index (χ2v) is 10.7. The lowest BCUT2D eigenvalue weighted by Crippen LogP contribution is -2.36. The van der Waals surface area contributed by atoms with E-state index in [1.165, 1.54) is 10.4 Å². The summed E-state index contributed by atoms with van der Waals surface area (Å²) in [5, 5.41) is 2.76. The van der Waals surface area contributed by atoms with Crippen LogP contribution in [0.15, 0.2) is 59.5 Å². The van der Waals surface area contributed by atoms with E-state index in [1.54, 1.807) is 37.3 Å². The Morgan fingerprint density at radius 2 is 1.81 bits per heavy atom. The van der Waals surface area contributed by atoms with Crippen LogP contribution in [0, 0.1) is 12.7 Å². The number of carbonyl (C=O) groups is 1. The summed E-state index contributed by atoms with van der Waals surface area (Å²) in [5.41, 5.74) is 0.255. The molecule has 3 aromatic carbocycles. The number of carbonyl (C=O) groups excluding carboxylic acids is 1. The lowest BCUT2D eigenvalue weighted by Gasteiger charge is -2.30. The zero-order valence-electron chi connectivity index (χ0n) is 19.0. The number of alkyl halides is 3. The first kappa shape index (κ1) is 26.1. The maximum atomic E-state index is 14.4. The molecule has 1 aliphatic heterocycles. The molecule has 36 heavy (non-hydrogen) atoms. The zero-order chi connectivity index (χ0) is 26.3. The molecule has 3 aromatic rings. The van der Waals surface area contributed by atoms with Gasteiger partial charge < -0.3 is 5.32 Å². The Labute approximate surface area is 210 Å². The second kappa shape index (κ2) is 9.84. The van der Waals surface area contributed by atoms with Crippen LogP contribution in [0.1, 0.15) is 27.8 Å². The molecule has 0 radical (unpaired) electrons.